The van der Waals surface area contributed by atoms with Crippen molar-refractivity contribution in [2.75, 3.05) is 13.7 Å². The molecule has 90 valence electrons. The maximum absolute atomic E-state index is 5.10. The number of ether oxygens (including phenoxy) is 1. The summed E-state index contributed by atoms with van der Waals surface area (Å²) in [5.74, 6) is 1.56. The molecule has 1 atom stereocenters. The first-order valence-electron chi connectivity index (χ1n) is 5.87. The highest BCUT2D eigenvalue weighted by molar-refractivity contribution is 5.71. The lowest BCUT2D eigenvalue weighted by molar-refractivity contribution is 0.399. The van der Waals surface area contributed by atoms with Gasteiger partial charge in [0, 0.05) is 6.07 Å². The molecule has 1 unspecified atom stereocenters. The monoisotopic (exact) mass is 232 g/mol. The van der Waals surface area contributed by atoms with E-state index in [0.717, 1.165) is 24.3 Å². The molecule has 17 heavy (non-hydrogen) atoms. The number of aromatic nitrogens is 3. The molecule has 0 aromatic carbocycles. The smallest absolute Gasteiger partial charge is 0.215 e. The average Bonchev–Trinajstić information content (AvgIpc) is 2.94. The first-order valence-corrected chi connectivity index (χ1v) is 5.87. The Morgan fingerprint density at radius 1 is 1.35 bits per heavy atom. The molecule has 0 bridgehead atoms. The molecule has 2 aromatic heterocycles. The van der Waals surface area contributed by atoms with Crippen LogP contribution in [-0.4, -0.2) is 28.6 Å². The zero-order valence-corrected chi connectivity index (χ0v) is 10.1. The highest BCUT2D eigenvalue weighted by Gasteiger charge is 2.33. The number of rotatable bonds is 2. The van der Waals surface area contributed by atoms with Crippen molar-refractivity contribution in [3.63, 3.8) is 0 Å². The van der Waals surface area contributed by atoms with E-state index in [1.807, 2.05) is 12.1 Å². The molecule has 0 spiro atoms. The summed E-state index contributed by atoms with van der Waals surface area (Å²) >= 11 is 0. The van der Waals surface area contributed by atoms with E-state index in [2.05, 4.69) is 27.2 Å². The minimum absolute atomic E-state index is 0.0477. The number of aromatic amines is 1. The third-order valence-electron chi connectivity index (χ3n) is 3.42. The summed E-state index contributed by atoms with van der Waals surface area (Å²) in [5.41, 5.74) is 1.62. The predicted octanol–water partition coefficient (Wildman–Crippen LogP) is 1.57. The number of pyridine rings is 1. The molecule has 3 heterocycles. The van der Waals surface area contributed by atoms with E-state index in [9.17, 15) is 0 Å². The summed E-state index contributed by atoms with van der Waals surface area (Å²) in [4.78, 5) is 12.2. The molecule has 0 amide bonds. The Kier molecular flexibility index (Phi) is 2.29. The van der Waals surface area contributed by atoms with Crippen LogP contribution in [-0.2, 0) is 5.54 Å². The fourth-order valence-electron chi connectivity index (χ4n) is 2.35. The van der Waals surface area contributed by atoms with Crippen LogP contribution in [0.3, 0.4) is 0 Å². The summed E-state index contributed by atoms with van der Waals surface area (Å²) in [6.07, 6.45) is 2.29. The van der Waals surface area contributed by atoms with Crippen molar-refractivity contribution in [3.05, 3.63) is 18.0 Å². The maximum atomic E-state index is 5.10. The van der Waals surface area contributed by atoms with Crippen LogP contribution in [0.4, 0.5) is 0 Å². The van der Waals surface area contributed by atoms with Crippen LogP contribution in [0.2, 0.25) is 0 Å². The van der Waals surface area contributed by atoms with E-state index < -0.39 is 0 Å². The molecule has 3 rings (SSSR count). The minimum Gasteiger partial charge on any atom is -0.481 e. The largest absolute Gasteiger partial charge is 0.481 e. The SMILES string of the molecule is COc1ccc2[nH]c(C3(C)CCCN3)nc2n1. The average molecular weight is 232 g/mol. The lowest BCUT2D eigenvalue weighted by Gasteiger charge is -2.20. The number of nitrogens with zero attached hydrogens (tertiary/aromatic N) is 2. The van der Waals surface area contributed by atoms with Crippen molar-refractivity contribution < 1.29 is 4.74 Å². The van der Waals surface area contributed by atoms with Crippen LogP contribution in [0.15, 0.2) is 12.1 Å². The highest BCUT2D eigenvalue weighted by Crippen LogP contribution is 2.29. The fourth-order valence-corrected chi connectivity index (χ4v) is 2.35. The van der Waals surface area contributed by atoms with Gasteiger partial charge in [-0.3, -0.25) is 0 Å². The normalized spacial score (nSPS) is 24.4. The molecular weight excluding hydrogens is 216 g/mol. The van der Waals surface area contributed by atoms with E-state index in [1.54, 1.807) is 7.11 Å². The van der Waals surface area contributed by atoms with Crippen LogP contribution in [0, 0.1) is 0 Å². The Hall–Kier alpha value is -1.62. The topological polar surface area (TPSA) is 62.8 Å². The Bertz CT molecular complexity index is 542. The highest BCUT2D eigenvalue weighted by atomic mass is 16.5. The van der Waals surface area contributed by atoms with Gasteiger partial charge in [-0.25, -0.2) is 4.98 Å². The molecule has 1 saturated heterocycles. The zero-order valence-electron chi connectivity index (χ0n) is 10.1. The molecular formula is C12H16N4O. The summed E-state index contributed by atoms with van der Waals surface area (Å²) in [6.45, 7) is 3.22. The number of methoxy groups -OCH3 is 1. The second-order valence-corrected chi connectivity index (χ2v) is 4.67. The van der Waals surface area contributed by atoms with E-state index in [4.69, 9.17) is 4.74 Å². The van der Waals surface area contributed by atoms with E-state index in [0.29, 0.717) is 11.5 Å². The Morgan fingerprint density at radius 3 is 2.94 bits per heavy atom. The van der Waals surface area contributed by atoms with E-state index in [-0.39, 0.29) is 5.54 Å². The molecule has 1 fully saturated rings. The van der Waals surface area contributed by atoms with Gasteiger partial charge in [-0.05, 0) is 32.4 Å². The number of H-pyrrole nitrogens is 1. The summed E-state index contributed by atoms with van der Waals surface area (Å²) < 4.78 is 5.10. The minimum atomic E-state index is -0.0477. The van der Waals surface area contributed by atoms with Gasteiger partial charge < -0.3 is 15.0 Å². The third kappa shape index (κ3) is 1.67. The Morgan fingerprint density at radius 2 is 2.24 bits per heavy atom. The van der Waals surface area contributed by atoms with Gasteiger partial charge in [0.15, 0.2) is 5.65 Å². The standard InChI is InChI=1S/C12H16N4O/c1-12(6-3-7-13-12)11-14-8-4-5-9(17-2)15-10(8)16-11/h4-5,13H,3,6-7H2,1-2H3,(H,14,15,16). The fraction of sp³-hybridized carbons (Fsp3) is 0.500. The van der Waals surface area contributed by atoms with Gasteiger partial charge in [0.2, 0.25) is 5.88 Å². The number of imidazole rings is 1. The van der Waals surface area contributed by atoms with Gasteiger partial charge in [-0.2, -0.15) is 4.98 Å². The number of nitrogens with one attached hydrogen (secondary N) is 2. The summed E-state index contributed by atoms with van der Waals surface area (Å²) in [7, 11) is 1.61. The zero-order chi connectivity index (χ0) is 11.9. The Balaban J connectivity index is 2.07. The van der Waals surface area contributed by atoms with Crippen LogP contribution < -0.4 is 10.1 Å². The first kappa shape index (κ1) is 10.5. The van der Waals surface area contributed by atoms with Gasteiger partial charge in [0.25, 0.3) is 0 Å². The predicted molar refractivity (Wildman–Crippen MR) is 65.0 cm³/mol. The molecule has 2 N–H and O–H groups in total. The molecule has 1 aliphatic rings. The molecule has 0 saturated carbocycles. The van der Waals surface area contributed by atoms with Crippen molar-refractivity contribution >= 4 is 11.2 Å². The number of fused-ring (bicyclic) bond motifs is 1. The molecule has 0 aliphatic carbocycles. The molecule has 1 aliphatic heterocycles. The van der Waals surface area contributed by atoms with Crippen LogP contribution in [0.5, 0.6) is 5.88 Å². The molecule has 5 heteroatoms. The van der Waals surface area contributed by atoms with Crippen LogP contribution in [0.25, 0.3) is 11.2 Å². The van der Waals surface area contributed by atoms with Gasteiger partial charge in [-0.15, -0.1) is 0 Å². The first-order chi connectivity index (χ1) is 8.21. The molecule has 2 aromatic rings. The van der Waals surface area contributed by atoms with Gasteiger partial charge in [0.05, 0.1) is 18.2 Å². The van der Waals surface area contributed by atoms with Crippen molar-refractivity contribution in [2.45, 2.75) is 25.3 Å². The maximum Gasteiger partial charge on any atom is 0.215 e. The second kappa shape index (κ2) is 3.70. The van der Waals surface area contributed by atoms with Crippen molar-refractivity contribution in [1.82, 2.24) is 20.3 Å². The van der Waals surface area contributed by atoms with Crippen molar-refractivity contribution in [2.24, 2.45) is 0 Å². The number of hydrogen-bond donors (Lipinski definition) is 2. The van der Waals surface area contributed by atoms with E-state index in [1.165, 1.54) is 6.42 Å². The van der Waals surface area contributed by atoms with E-state index >= 15 is 0 Å². The van der Waals surface area contributed by atoms with Crippen molar-refractivity contribution in [3.8, 4) is 5.88 Å². The Labute approximate surface area is 99.6 Å². The summed E-state index contributed by atoms with van der Waals surface area (Å²) in [5, 5.41) is 3.49. The third-order valence-corrected chi connectivity index (χ3v) is 3.42. The lowest BCUT2D eigenvalue weighted by Crippen LogP contribution is -2.34. The van der Waals surface area contributed by atoms with Gasteiger partial charge >= 0.3 is 0 Å². The number of hydrogen-bond acceptors (Lipinski definition) is 4. The lowest BCUT2D eigenvalue weighted by atomic mass is 10.00. The summed E-state index contributed by atoms with van der Waals surface area (Å²) in [6, 6.07) is 3.80. The molecule has 0 radical (unpaired) electrons. The van der Waals surface area contributed by atoms with Gasteiger partial charge in [0.1, 0.15) is 5.82 Å². The van der Waals surface area contributed by atoms with Crippen molar-refractivity contribution in [1.29, 1.82) is 0 Å². The quantitative estimate of drug-likeness (QED) is 0.825. The second-order valence-electron chi connectivity index (χ2n) is 4.67. The van der Waals surface area contributed by atoms with Crippen LogP contribution >= 0.6 is 0 Å². The van der Waals surface area contributed by atoms with Crippen LogP contribution in [0.1, 0.15) is 25.6 Å². The molecule has 5 nitrogen and oxygen atoms in total. The van der Waals surface area contributed by atoms with Gasteiger partial charge in [-0.1, -0.05) is 0 Å².